The molecular weight excluding hydrogens is 368 g/mol. The summed E-state index contributed by atoms with van der Waals surface area (Å²) in [6, 6.07) is 0. The highest BCUT2D eigenvalue weighted by Crippen LogP contribution is 2.19. The number of esters is 5. The van der Waals surface area contributed by atoms with E-state index in [0.29, 0.717) is 0 Å². The Morgan fingerprint density at radius 2 is 1.11 bits per heavy atom. The predicted octanol–water partition coefficient (Wildman–Crippen LogP) is -0.525. The fourth-order valence-electron chi connectivity index (χ4n) is 2.03. The first-order chi connectivity index (χ1) is 12.5. The second kappa shape index (κ2) is 11.6. The van der Waals surface area contributed by atoms with E-state index >= 15 is 0 Å². The molecule has 0 bridgehead atoms. The van der Waals surface area contributed by atoms with Gasteiger partial charge in [-0.05, 0) is 0 Å². The topological polar surface area (TPSA) is 149 Å². The molecule has 4 atom stereocenters. The van der Waals surface area contributed by atoms with Gasteiger partial charge in [0.1, 0.15) is 6.61 Å². The Balaban J connectivity index is 6.00. The maximum absolute atomic E-state index is 11.5. The van der Waals surface area contributed by atoms with Gasteiger partial charge in [0.05, 0.1) is 0 Å². The van der Waals surface area contributed by atoms with E-state index in [1.54, 1.807) is 0 Å². The summed E-state index contributed by atoms with van der Waals surface area (Å²) in [6.45, 7) is 4.56. The zero-order valence-electron chi connectivity index (χ0n) is 15.6. The van der Waals surface area contributed by atoms with Crippen LogP contribution in [0.3, 0.4) is 0 Å². The van der Waals surface area contributed by atoms with Crippen molar-refractivity contribution < 1.29 is 52.5 Å². The average molecular weight is 390 g/mol. The standard InChI is InChI=1S/C16H22O11/c1-8(18)23-7-14(25-10(3)20)16(27-12(5)22)15(26-11(4)21)13(6-17)24-9(2)19/h6,13-16H,7H2,1-5H3/t13-,14+,15-,16+/m1/s1. The third kappa shape index (κ3) is 9.92. The van der Waals surface area contributed by atoms with Gasteiger partial charge in [0.2, 0.25) is 0 Å². The largest absolute Gasteiger partial charge is 0.462 e. The molecule has 0 aromatic carbocycles. The molecule has 0 fully saturated rings. The zero-order valence-corrected chi connectivity index (χ0v) is 15.6. The molecule has 152 valence electrons. The minimum Gasteiger partial charge on any atom is -0.462 e. The molecule has 0 amide bonds. The van der Waals surface area contributed by atoms with Gasteiger partial charge in [-0.3, -0.25) is 28.8 Å². The lowest BCUT2D eigenvalue weighted by Crippen LogP contribution is -2.53. The van der Waals surface area contributed by atoms with Crippen molar-refractivity contribution in [3.05, 3.63) is 0 Å². The van der Waals surface area contributed by atoms with Crippen molar-refractivity contribution >= 4 is 36.1 Å². The van der Waals surface area contributed by atoms with Crippen LogP contribution in [0.25, 0.3) is 0 Å². The van der Waals surface area contributed by atoms with Gasteiger partial charge in [-0.15, -0.1) is 0 Å². The van der Waals surface area contributed by atoms with E-state index in [1.807, 2.05) is 0 Å². The Labute approximate surface area is 155 Å². The molecule has 0 aromatic rings. The molecule has 0 N–H and O–H groups in total. The second-order valence-electron chi connectivity index (χ2n) is 5.31. The van der Waals surface area contributed by atoms with Crippen LogP contribution in [0.2, 0.25) is 0 Å². The molecular formula is C16H22O11. The van der Waals surface area contributed by atoms with Gasteiger partial charge in [-0.1, -0.05) is 0 Å². The number of ether oxygens (including phenoxy) is 5. The molecule has 0 heterocycles. The van der Waals surface area contributed by atoms with E-state index in [0.717, 1.165) is 34.6 Å². The fraction of sp³-hybridized carbons (Fsp3) is 0.625. The minimum atomic E-state index is -1.67. The van der Waals surface area contributed by atoms with Crippen molar-refractivity contribution in [3.8, 4) is 0 Å². The van der Waals surface area contributed by atoms with E-state index in [2.05, 4.69) is 0 Å². The van der Waals surface area contributed by atoms with Gasteiger partial charge in [0.15, 0.2) is 30.7 Å². The van der Waals surface area contributed by atoms with E-state index in [-0.39, 0.29) is 6.29 Å². The van der Waals surface area contributed by atoms with E-state index in [1.165, 1.54) is 0 Å². The minimum absolute atomic E-state index is 0.155. The summed E-state index contributed by atoms with van der Waals surface area (Å²) >= 11 is 0. The van der Waals surface area contributed by atoms with Gasteiger partial charge in [0.25, 0.3) is 0 Å². The number of carbonyl (C=O) groups excluding carboxylic acids is 6. The molecule has 0 aliphatic carbocycles. The van der Waals surface area contributed by atoms with Gasteiger partial charge in [0, 0.05) is 34.6 Å². The summed E-state index contributed by atoms with van der Waals surface area (Å²) in [7, 11) is 0. The quantitative estimate of drug-likeness (QED) is 0.269. The predicted molar refractivity (Wildman–Crippen MR) is 84.9 cm³/mol. The first-order valence-corrected chi connectivity index (χ1v) is 7.75. The number of hydrogen-bond donors (Lipinski definition) is 0. The molecule has 0 aromatic heterocycles. The SMILES string of the molecule is CC(=O)OC[C@H](OC(C)=O)[C@H](OC(C)=O)[C@H](OC(C)=O)[C@@H](C=O)OC(C)=O. The van der Waals surface area contributed by atoms with Crippen molar-refractivity contribution in [2.45, 2.75) is 59.0 Å². The van der Waals surface area contributed by atoms with Gasteiger partial charge in [-0.25, -0.2) is 0 Å². The highest BCUT2D eigenvalue weighted by Gasteiger charge is 2.43. The Kier molecular flexibility index (Phi) is 10.3. The first-order valence-electron chi connectivity index (χ1n) is 7.75. The Hall–Kier alpha value is -2.98. The Bertz CT molecular complexity index is 583. The maximum atomic E-state index is 11.5. The molecule has 0 aliphatic heterocycles. The summed E-state index contributed by atoms with van der Waals surface area (Å²) in [5.74, 6) is -4.23. The van der Waals surface area contributed by atoms with Crippen molar-refractivity contribution in [3.63, 3.8) is 0 Å². The van der Waals surface area contributed by atoms with Crippen molar-refractivity contribution in [2.24, 2.45) is 0 Å². The normalized spacial score (nSPS) is 14.6. The summed E-state index contributed by atoms with van der Waals surface area (Å²) < 4.78 is 24.6. The maximum Gasteiger partial charge on any atom is 0.303 e. The highest BCUT2D eigenvalue weighted by atomic mass is 16.6. The van der Waals surface area contributed by atoms with E-state index in [4.69, 9.17) is 23.7 Å². The van der Waals surface area contributed by atoms with Crippen molar-refractivity contribution in [2.75, 3.05) is 6.61 Å². The van der Waals surface area contributed by atoms with Crippen LogP contribution >= 0.6 is 0 Å². The van der Waals surface area contributed by atoms with Crippen LogP contribution in [0, 0.1) is 0 Å². The van der Waals surface area contributed by atoms with Crippen LogP contribution in [0.4, 0.5) is 0 Å². The van der Waals surface area contributed by atoms with E-state index < -0.39 is 60.9 Å². The molecule has 0 spiro atoms. The third-order valence-electron chi connectivity index (χ3n) is 2.82. The van der Waals surface area contributed by atoms with Crippen molar-refractivity contribution in [1.29, 1.82) is 0 Å². The third-order valence-corrected chi connectivity index (χ3v) is 2.82. The molecule has 27 heavy (non-hydrogen) atoms. The van der Waals surface area contributed by atoms with Gasteiger partial charge >= 0.3 is 29.8 Å². The lowest BCUT2D eigenvalue weighted by Gasteiger charge is -2.33. The summed E-state index contributed by atoms with van der Waals surface area (Å²) in [4.78, 5) is 68.0. The van der Waals surface area contributed by atoms with Gasteiger partial charge < -0.3 is 23.7 Å². The monoisotopic (exact) mass is 390 g/mol. The molecule has 0 aliphatic rings. The van der Waals surface area contributed by atoms with Crippen LogP contribution in [-0.2, 0) is 52.5 Å². The highest BCUT2D eigenvalue weighted by molar-refractivity contribution is 5.72. The van der Waals surface area contributed by atoms with Crippen LogP contribution in [-0.4, -0.2) is 67.2 Å². The summed E-state index contributed by atoms with van der Waals surface area (Å²) in [5, 5.41) is 0. The summed E-state index contributed by atoms with van der Waals surface area (Å²) in [5.41, 5.74) is 0. The number of rotatable bonds is 10. The lowest BCUT2D eigenvalue weighted by atomic mass is 10.0. The van der Waals surface area contributed by atoms with Crippen molar-refractivity contribution in [1.82, 2.24) is 0 Å². The summed E-state index contributed by atoms with van der Waals surface area (Å²) in [6.07, 6.45) is -6.23. The number of aldehydes is 1. The molecule has 0 saturated heterocycles. The molecule has 0 unspecified atom stereocenters. The van der Waals surface area contributed by atoms with Gasteiger partial charge in [-0.2, -0.15) is 0 Å². The molecule has 0 saturated carbocycles. The van der Waals surface area contributed by atoms with Crippen LogP contribution < -0.4 is 0 Å². The number of hydrogen-bond acceptors (Lipinski definition) is 11. The van der Waals surface area contributed by atoms with E-state index in [9.17, 15) is 28.8 Å². The van der Waals surface area contributed by atoms with Crippen LogP contribution in [0.5, 0.6) is 0 Å². The fourth-order valence-corrected chi connectivity index (χ4v) is 2.03. The number of carbonyl (C=O) groups is 6. The Morgan fingerprint density at radius 1 is 0.667 bits per heavy atom. The Morgan fingerprint density at radius 3 is 1.48 bits per heavy atom. The smallest absolute Gasteiger partial charge is 0.303 e. The van der Waals surface area contributed by atoms with Crippen LogP contribution in [0.15, 0.2) is 0 Å². The molecule has 11 nitrogen and oxygen atoms in total. The first kappa shape index (κ1) is 24.0. The molecule has 11 heteroatoms. The zero-order chi connectivity index (χ0) is 21.1. The van der Waals surface area contributed by atoms with Crippen LogP contribution in [0.1, 0.15) is 34.6 Å². The lowest BCUT2D eigenvalue weighted by molar-refractivity contribution is -0.201. The molecule has 0 radical (unpaired) electrons. The second-order valence-corrected chi connectivity index (χ2v) is 5.31. The molecule has 0 rings (SSSR count). The average Bonchev–Trinajstić information content (AvgIpc) is 2.51.